The predicted molar refractivity (Wildman–Crippen MR) is 116 cm³/mol. The quantitative estimate of drug-likeness (QED) is 0.581. The van der Waals surface area contributed by atoms with E-state index in [-0.39, 0.29) is 36.1 Å². The Balaban J connectivity index is 1.84. The first-order valence-electron chi connectivity index (χ1n) is 9.97. The van der Waals surface area contributed by atoms with Crippen molar-refractivity contribution in [1.82, 2.24) is 18.9 Å². The largest absolute Gasteiger partial charge is 0.416 e. The SMILES string of the molecule is CC(C)Cn1c(=O)c(NC(=O)c2cnn(Cc3cccc(C(F)(F)F)c3)c2)c(N)n(C)c1=O. The molecular formula is C21H23F3N6O3. The van der Waals surface area contributed by atoms with Crippen LogP contribution in [0, 0.1) is 5.92 Å². The molecule has 0 saturated carbocycles. The number of carbonyl (C=O) groups is 1. The van der Waals surface area contributed by atoms with E-state index in [0.29, 0.717) is 5.56 Å². The highest BCUT2D eigenvalue weighted by Gasteiger charge is 2.30. The molecule has 1 amide bonds. The summed E-state index contributed by atoms with van der Waals surface area (Å²) in [6.45, 7) is 3.81. The third-order valence-corrected chi connectivity index (χ3v) is 4.87. The van der Waals surface area contributed by atoms with Gasteiger partial charge in [0.2, 0.25) is 0 Å². The highest BCUT2D eigenvalue weighted by atomic mass is 19.4. The number of amides is 1. The van der Waals surface area contributed by atoms with Crippen LogP contribution >= 0.6 is 0 Å². The number of hydrogen-bond acceptors (Lipinski definition) is 5. The topological polar surface area (TPSA) is 117 Å². The number of halogens is 3. The molecule has 2 heterocycles. The molecule has 12 heteroatoms. The molecule has 176 valence electrons. The zero-order chi connectivity index (χ0) is 24.5. The van der Waals surface area contributed by atoms with Gasteiger partial charge in [-0.05, 0) is 23.6 Å². The Morgan fingerprint density at radius 2 is 1.94 bits per heavy atom. The normalized spacial score (nSPS) is 11.7. The van der Waals surface area contributed by atoms with Crippen molar-refractivity contribution in [2.45, 2.75) is 33.1 Å². The van der Waals surface area contributed by atoms with E-state index in [4.69, 9.17) is 5.73 Å². The molecule has 0 fully saturated rings. The molecule has 0 spiro atoms. The average Bonchev–Trinajstić information content (AvgIpc) is 3.21. The second kappa shape index (κ2) is 8.96. The van der Waals surface area contributed by atoms with Gasteiger partial charge in [-0.25, -0.2) is 4.79 Å². The Morgan fingerprint density at radius 3 is 2.58 bits per heavy atom. The van der Waals surface area contributed by atoms with Gasteiger partial charge in [0, 0.05) is 19.8 Å². The van der Waals surface area contributed by atoms with E-state index in [0.717, 1.165) is 21.3 Å². The summed E-state index contributed by atoms with van der Waals surface area (Å²) >= 11 is 0. The van der Waals surface area contributed by atoms with Gasteiger partial charge in [-0.1, -0.05) is 26.0 Å². The summed E-state index contributed by atoms with van der Waals surface area (Å²) in [5.41, 5.74) is 3.94. The summed E-state index contributed by atoms with van der Waals surface area (Å²) in [6, 6.07) is 4.78. The average molecular weight is 464 g/mol. The maximum atomic E-state index is 12.9. The van der Waals surface area contributed by atoms with E-state index < -0.39 is 28.9 Å². The van der Waals surface area contributed by atoms with Gasteiger partial charge >= 0.3 is 11.9 Å². The van der Waals surface area contributed by atoms with Crippen molar-refractivity contribution in [2.24, 2.45) is 13.0 Å². The summed E-state index contributed by atoms with van der Waals surface area (Å²) in [6.07, 6.45) is -1.92. The van der Waals surface area contributed by atoms with Gasteiger partial charge < -0.3 is 11.1 Å². The van der Waals surface area contributed by atoms with Gasteiger partial charge in [0.15, 0.2) is 0 Å². The number of carbonyl (C=O) groups excluding carboxylic acids is 1. The van der Waals surface area contributed by atoms with E-state index in [1.165, 1.54) is 36.3 Å². The van der Waals surface area contributed by atoms with Crippen molar-refractivity contribution in [3.63, 3.8) is 0 Å². The van der Waals surface area contributed by atoms with Crippen molar-refractivity contribution in [3.8, 4) is 0 Å². The van der Waals surface area contributed by atoms with Crippen molar-refractivity contribution >= 4 is 17.4 Å². The Kier molecular flexibility index (Phi) is 6.47. The fraction of sp³-hybridized carbons (Fsp3) is 0.333. The number of anilines is 2. The lowest BCUT2D eigenvalue weighted by Gasteiger charge is -2.15. The predicted octanol–water partition coefficient (Wildman–Crippen LogP) is 2.30. The maximum absolute atomic E-state index is 12.9. The van der Waals surface area contributed by atoms with Gasteiger partial charge in [0.05, 0.1) is 23.9 Å². The first-order chi connectivity index (χ1) is 15.4. The highest BCUT2D eigenvalue weighted by molar-refractivity contribution is 6.05. The van der Waals surface area contributed by atoms with Crippen LogP contribution in [-0.4, -0.2) is 24.8 Å². The summed E-state index contributed by atoms with van der Waals surface area (Å²) < 4.78 is 42.1. The molecule has 0 aliphatic carbocycles. The second-order valence-corrected chi connectivity index (χ2v) is 7.99. The van der Waals surface area contributed by atoms with Gasteiger partial charge in [0.1, 0.15) is 11.5 Å². The minimum absolute atomic E-state index is 0.000369. The van der Waals surface area contributed by atoms with Crippen LogP contribution in [0.1, 0.15) is 35.3 Å². The molecule has 1 aromatic carbocycles. The smallest absolute Gasteiger partial charge is 0.383 e. The fourth-order valence-electron chi connectivity index (χ4n) is 3.21. The lowest BCUT2D eigenvalue weighted by molar-refractivity contribution is -0.137. The molecule has 0 aliphatic rings. The molecule has 0 atom stereocenters. The number of nitrogens with two attached hydrogens (primary N) is 1. The number of aromatic nitrogens is 4. The van der Waals surface area contributed by atoms with Crippen LogP contribution in [0.5, 0.6) is 0 Å². The first-order valence-corrected chi connectivity index (χ1v) is 9.97. The van der Waals surface area contributed by atoms with Crippen LogP contribution in [0.15, 0.2) is 46.2 Å². The number of nitrogen functional groups attached to an aromatic ring is 1. The Hall–Kier alpha value is -3.83. The zero-order valence-electron chi connectivity index (χ0n) is 18.2. The molecule has 0 unspecified atom stereocenters. The van der Waals surface area contributed by atoms with Crippen LogP contribution < -0.4 is 22.3 Å². The molecule has 0 aliphatic heterocycles. The van der Waals surface area contributed by atoms with Gasteiger partial charge in [-0.2, -0.15) is 18.3 Å². The Bertz CT molecular complexity index is 1300. The van der Waals surface area contributed by atoms with Crippen LogP contribution in [0.4, 0.5) is 24.7 Å². The standard InChI is InChI=1S/C21H23F3N6O3/c1-12(2)9-30-19(32)16(17(25)28(3)20(30)33)27-18(31)14-8-26-29(11-14)10-13-5-4-6-15(7-13)21(22,23)24/h4-8,11-12H,9-10,25H2,1-3H3,(H,27,31). The van der Waals surface area contributed by atoms with E-state index in [1.54, 1.807) is 0 Å². The highest BCUT2D eigenvalue weighted by Crippen LogP contribution is 2.29. The third-order valence-electron chi connectivity index (χ3n) is 4.87. The third kappa shape index (κ3) is 5.16. The van der Waals surface area contributed by atoms with E-state index in [9.17, 15) is 27.6 Å². The molecule has 3 rings (SSSR count). The molecule has 0 radical (unpaired) electrons. The molecule has 33 heavy (non-hydrogen) atoms. The summed E-state index contributed by atoms with van der Waals surface area (Å²) in [5, 5.41) is 6.43. The lowest BCUT2D eigenvalue weighted by Crippen LogP contribution is -2.42. The summed E-state index contributed by atoms with van der Waals surface area (Å²) in [4.78, 5) is 37.8. The molecule has 0 bridgehead atoms. The Labute approximate surface area is 186 Å². The first kappa shape index (κ1) is 23.8. The van der Waals surface area contributed by atoms with Crippen molar-refractivity contribution in [1.29, 1.82) is 0 Å². The molecular weight excluding hydrogens is 441 g/mol. The molecule has 9 nitrogen and oxygen atoms in total. The van der Waals surface area contributed by atoms with Crippen LogP contribution in [0.3, 0.4) is 0 Å². The number of benzene rings is 1. The van der Waals surface area contributed by atoms with Crippen molar-refractivity contribution in [3.05, 3.63) is 74.2 Å². The van der Waals surface area contributed by atoms with Gasteiger partial charge in [0.25, 0.3) is 11.5 Å². The molecule has 3 N–H and O–H groups in total. The zero-order valence-corrected chi connectivity index (χ0v) is 18.2. The van der Waals surface area contributed by atoms with Crippen molar-refractivity contribution in [2.75, 3.05) is 11.1 Å². The molecule has 2 aromatic heterocycles. The van der Waals surface area contributed by atoms with Crippen LogP contribution in [0.2, 0.25) is 0 Å². The number of nitrogens with one attached hydrogen (secondary N) is 1. The maximum Gasteiger partial charge on any atom is 0.416 e. The lowest BCUT2D eigenvalue weighted by atomic mass is 10.1. The summed E-state index contributed by atoms with van der Waals surface area (Å²) in [7, 11) is 1.39. The number of nitrogens with zero attached hydrogens (tertiary/aromatic N) is 4. The van der Waals surface area contributed by atoms with Crippen LogP contribution in [0.25, 0.3) is 0 Å². The summed E-state index contributed by atoms with van der Waals surface area (Å²) in [5.74, 6) is -0.907. The second-order valence-electron chi connectivity index (χ2n) is 7.99. The Morgan fingerprint density at radius 1 is 1.24 bits per heavy atom. The monoisotopic (exact) mass is 464 g/mol. The fourth-order valence-corrected chi connectivity index (χ4v) is 3.21. The molecule has 3 aromatic rings. The minimum atomic E-state index is -4.47. The number of rotatable bonds is 6. The van der Waals surface area contributed by atoms with Crippen LogP contribution in [-0.2, 0) is 26.3 Å². The van der Waals surface area contributed by atoms with Gasteiger partial charge in [-0.3, -0.25) is 23.4 Å². The minimum Gasteiger partial charge on any atom is -0.383 e. The van der Waals surface area contributed by atoms with Crippen molar-refractivity contribution < 1.29 is 18.0 Å². The van der Waals surface area contributed by atoms with E-state index >= 15 is 0 Å². The van der Waals surface area contributed by atoms with Gasteiger partial charge in [-0.15, -0.1) is 0 Å². The van der Waals surface area contributed by atoms with E-state index in [1.807, 2.05) is 13.8 Å². The molecule has 0 saturated heterocycles. The number of hydrogen-bond donors (Lipinski definition) is 2. The number of alkyl halides is 3. The van der Waals surface area contributed by atoms with E-state index in [2.05, 4.69) is 10.4 Å².